The van der Waals surface area contributed by atoms with E-state index in [1.807, 2.05) is 6.07 Å². The molecule has 0 aliphatic carbocycles. The van der Waals surface area contributed by atoms with Crippen molar-refractivity contribution in [2.45, 2.75) is 6.04 Å². The number of fused-ring (bicyclic) bond motifs is 1. The van der Waals surface area contributed by atoms with E-state index in [2.05, 4.69) is 10.3 Å². The van der Waals surface area contributed by atoms with Gasteiger partial charge in [-0.2, -0.15) is 0 Å². The fourth-order valence-corrected chi connectivity index (χ4v) is 2.41. The summed E-state index contributed by atoms with van der Waals surface area (Å²) in [7, 11) is 0. The lowest BCUT2D eigenvalue weighted by Gasteiger charge is -2.15. The number of aliphatic carboxylic acids is 1. The van der Waals surface area contributed by atoms with Gasteiger partial charge in [0.05, 0.1) is 24.8 Å². The Labute approximate surface area is 120 Å². The van der Waals surface area contributed by atoms with Gasteiger partial charge in [0.25, 0.3) is 5.91 Å². The van der Waals surface area contributed by atoms with Gasteiger partial charge in [-0.1, -0.05) is 6.07 Å². The van der Waals surface area contributed by atoms with Crippen LogP contribution in [0.25, 0.3) is 10.9 Å². The van der Waals surface area contributed by atoms with Crippen molar-refractivity contribution in [1.29, 1.82) is 0 Å². The number of ether oxygens (including phenoxy) is 1. The molecule has 0 saturated carbocycles. The molecule has 2 heterocycles. The second kappa shape index (κ2) is 5.49. The normalized spacial score (nSPS) is 21.3. The van der Waals surface area contributed by atoms with E-state index in [1.165, 1.54) is 0 Å². The topological polar surface area (TPSA) is 88.5 Å². The maximum atomic E-state index is 12.2. The smallest absolute Gasteiger partial charge is 0.311 e. The Morgan fingerprint density at radius 3 is 2.95 bits per heavy atom. The zero-order valence-electron chi connectivity index (χ0n) is 11.2. The lowest BCUT2D eigenvalue weighted by Crippen LogP contribution is -2.42. The summed E-state index contributed by atoms with van der Waals surface area (Å²) in [5.41, 5.74) is 1.29. The van der Waals surface area contributed by atoms with Gasteiger partial charge >= 0.3 is 5.97 Å². The fourth-order valence-electron chi connectivity index (χ4n) is 2.41. The zero-order chi connectivity index (χ0) is 14.8. The average Bonchev–Trinajstić information content (AvgIpc) is 2.95. The van der Waals surface area contributed by atoms with Crippen molar-refractivity contribution < 1.29 is 19.4 Å². The minimum absolute atomic E-state index is 0.127. The Balaban J connectivity index is 1.79. The number of pyridine rings is 1. The van der Waals surface area contributed by atoms with Gasteiger partial charge in [-0.05, 0) is 24.3 Å². The molecule has 3 rings (SSSR count). The van der Waals surface area contributed by atoms with Crippen LogP contribution in [0.3, 0.4) is 0 Å². The van der Waals surface area contributed by atoms with Crippen molar-refractivity contribution in [3.8, 4) is 0 Å². The first-order valence-electron chi connectivity index (χ1n) is 6.61. The molecule has 2 unspecified atom stereocenters. The highest BCUT2D eigenvalue weighted by molar-refractivity contribution is 5.98. The molecule has 1 aromatic carbocycles. The molecule has 6 heteroatoms. The summed E-state index contributed by atoms with van der Waals surface area (Å²) in [6.07, 6.45) is 1.69. The van der Waals surface area contributed by atoms with Gasteiger partial charge in [-0.3, -0.25) is 14.6 Å². The number of carbonyl (C=O) groups is 2. The lowest BCUT2D eigenvalue weighted by molar-refractivity contribution is -0.142. The van der Waals surface area contributed by atoms with Crippen molar-refractivity contribution in [1.82, 2.24) is 10.3 Å². The Morgan fingerprint density at radius 1 is 1.29 bits per heavy atom. The first-order chi connectivity index (χ1) is 10.1. The van der Waals surface area contributed by atoms with Gasteiger partial charge in [0.15, 0.2) is 0 Å². The summed E-state index contributed by atoms with van der Waals surface area (Å²) < 4.78 is 5.13. The van der Waals surface area contributed by atoms with Crippen LogP contribution in [0.5, 0.6) is 0 Å². The van der Waals surface area contributed by atoms with Gasteiger partial charge in [0, 0.05) is 17.1 Å². The van der Waals surface area contributed by atoms with Gasteiger partial charge in [-0.15, -0.1) is 0 Å². The maximum absolute atomic E-state index is 12.2. The number of carbonyl (C=O) groups excluding carboxylic acids is 1. The van der Waals surface area contributed by atoms with E-state index < -0.39 is 17.9 Å². The summed E-state index contributed by atoms with van der Waals surface area (Å²) in [5.74, 6) is -1.96. The zero-order valence-corrected chi connectivity index (χ0v) is 11.2. The fraction of sp³-hybridized carbons (Fsp3) is 0.267. The minimum Gasteiger partial charge on any atom is -0.481 e. The van der Waals surface area contributed by atoms with Crippen molar-refractivity contribution in [3.05, 3.63) is 42.1 Å². The molecule has 21 heavy (non-hydrogen) atoms. The maximum Gasteiger partial charge on any atom is 0.311 e. The number of amides is 1. The van der Waals surface area contributed by atoms with E-state index in [9.17, 15) is 9.59 Å². The van der Waals surface area contributed by atoms with Crippen LogP contribution in [0.4, 0.5) is 0 Å². The number of nitrogens with zero attached hydrogens (tertiary/aromatic N) is 1. The third-order valence-corrected chi connectivity index (χ3v) is 3.58. The van der Waals surface area contributed by atoms with Crippen LogP contribution in [0.1, 0.15) is 10.4 Å². The second-order valence-electron chi connectivity index (χ2n) is 4.97. The number of benzene rings is 1. The molecule has 1 saturated heterocycles. The monoisotopic (exact) mass is 286 g/mol. The van der Waals surface area contributed by atoms with Gasteiger partial charge in [0.1, 0.15) is 5.92 Å². The predicted octanol–water partition coefficient (Wildman–Crippen LogP) is 1.06. The van der Waals surface area contributed by atoms with Gasteiger partial charge in [0.2, 0.25) is 0 Å². The average molecular weight is 286 g/mol. The van der Waals surface area contributed by atoms with E-state index in [1.54, 1.807) is 30.5 Å². The molecule has 108 valence electrons. The van der Waals surface area contributed by atoms with E-state index in [4.69, 9.17) is 9.84 Å². The van der Waals surface area contributed by atoms with Crippen molar-refractivity contribution in [3.63, 3.8) is 0 Å². The number of carboxylic acids is 1. The summed E-state index contributed by atoms with van der Waals surface area (Å²) in [6.45, 7) is 0.347. The molecular formula is C15H14N2O4. The lowest BCUT2D eigenvalue weighted by atomic mass is 10.0. The third kappa shape index (κ3) is 2.71. The summed E-state index contributed by atoms with van der Waals surface area (Å²) in [6, 6.07) is 8.36. The SMILES string of the molecule is O=C(NC1COCC1C(=O)O)c1ccc2ncccc2c1. The minimum atomic E-state index is -0.958. The molecule has 0 radical (unpaired) electrons. The van der Waals surface area contributed by atoms with Crippen LogP contribution in [0, 0.1) is 5.92 Å². The van der Waals surface area contributed by atoms with Crippen molar-refractivity contribution >= 4 is 22.8 Å². The van der Waals surface area contributed by atoms with E-state index >= 15 is 0 Å². The largest absolute Gasteiger partial charge is 0.481 e. The molecule has 0 bridgehead atoms. The van der Waals surface area contributed by atoms with Crippen LogP contribution >= 0.6 is 0 Å². The molecule has 2 atom stereocenters. The third-order valence-electron chi connectivity index (χ3n) is 3.58. The molecule has 1 amide bonds. The Bertz CT molecular complexity index is 701. The van der Waals surface area contributed by atoms with Crippen LogP contribution in [-0.2, 0) is 9.53 Å². The van der Waals surface area contributed by atoms with Crippen molar-refractivity contribution in [2.75, 3.05) is 13.2 Å². The highest BCUT2D eigenvalue weighted by Crippen LogP contribution is 2.16. The van der Waals surface area contributed by atoms with E-state index in [0.29, 0.717) is 5.56 Å². The van der Waals surface area contributed by atoms with E-state index in [-0.39, 0.29) is 19.1 Å². The van der Waals surface area contributed by atoms with Crippen LogP contribution in [0.15, 0.2) is 36.5 Å². The molecule has 6 nitrogen and oxygen atoms in total. The van der Waals surface area contributed by atoms with Crippen LogP contribution in [0.2, 0.25) is 0 Å². The Hall–Kier alpha value is -2.47. The van der Waals surface area contributed by atoms with Crippen LogP contribution < -0.4 is 5.32 Å². The summed E-state index contributed by atoms with van der Waals surface area (Å²) in [5, 5.41) is 12.7. The number of rotatable bonds is 3. The Kier molecular flexibility index (Phi) is 3.53. The number of aromatic nitrogens is 1. The predicted molar refractivity (Wildman–Crippen MR) is 74.9 cm³/mol. The number of carboxylic acid groups (broad SMARTS) is 1. The quantitative estimate of drug-likeness (QED) is 0.881. The standard InChI is InChI=1S/C15H14N2O4/c18-14(17-13-8-21-7-11(13)15(19)20)10-3-4-12-9(6-10)2-1-5-16-12/h1-6,11,13H,7-8H2,(H,17,18)(H,19,20). The molecule has 1 aliphatic heterocycles. The summed E-state index contributed by atoms with van der Waals surface area (Å²) in [4.78, 5) is 27.5. The molecule has 2 N–H and O–H groups in total. The highest BCUT2D eigenvalue weighted by Gasteiger charge is 2.35. The molecule has 1 fully saturated rings. The van der Waals surface area contributed by atoms with Crippen molar-refractivity contribution in [2.24, 2.45) is 5.92 Å². The number of hydrogen-bond acceptors (Lipinski definition) is 4. The number of nitrogens with one attached hydrogen (secondary N) is 1. The molecule has 0 spiro atoms. The Morgan fingerprint density at radius 2 is 2.14 bits per heavy atom. The highest BCUT2D eigenvalue weighted by atomic mass is 16.5. The van der Waals surface area contributed by atoms with Gasteiger partial charge < -0.3 is 15.2 Å². The first-order valence-corrected chi connectivity index (χ1v) is 6.61. The van der Waals surface area contributed by atoms with Crippen LogP contribution in [-0.4, -0.2) is 41.2 Å². The second-order valence-corrected chi connectivity index (χ2v) is 4.97. The van der Waals surface area contributed by atoms with Gasteiger partial charge in [-0.25, -0.2) is 0 Å². The molecule has 1 aromatic heterocycles. The summed E-state index contributed by atoms with van der Waals surface area (Å²) >= 11 is 0. The molecular weight excluding hydrogens is 272 g/mol. The first kappa shape index (κ1) is 13.5. The van der Waals surface area contributed by atoms with E-state index in [0.717, 1.165) is 10.9 Å². The molecule has 2 aromatic rings. The number of hydrogen-bond donors (Lipinski definition) is 2. The molecule has 1 aliphatic rings.